The van der Waals surface area contributed by atoms with E-state index in [0.717, 1.165) is 13.1 Å². The second-order valence-electron chi connectivity index (χ2n) is 4.57. The standard InChI is InChI=1S/C10H16ClN3O2/c1-7(11)8-12-13-9(16-8)14-4-5-15-10(2,3)6-14/h7H,4-6H2,1-3H3. The van der Waals surface area contributed by atoms with Crippen molar-refractivity contribution in [3.05, 3.63) is 5.89 Å². The van der Waals surface area contributed by atoms with Crippen LogP contribution in [0.1, 0.15) is 32.0 Å². The van der Waals surface area contributed by atoms with Gasteiger partial charge in [-0.25, -0.2) is 0 Å². The summed E-state index contributed by atoms with van der Waals surface area (Å²) in [5.74, 6) is 0.459. The molecule has 0 spiro atoms. The molecule has 0 aliphatic carbocycles. The molecule has 0 radical (unpaired) electrons. The van der Waals surface area contributed by atoms with Crippen LogP contribution in [0.15, 0.2) is 4.42 Å². The van der Waals surface area contributed by atoms with Gasteiger partial charge in [-0.15, -0.1) is 16.7 Å². The van der Waals surface area contributed by atoms with E-state index in [1.165, 1.54) is 0 Å². The highest BCUT2D eigenvalue weighted by Crippen LogP contribution is 2.25. The summed E-state index contributed by atoms with van der Waals surface area (Å²) >= 11 is 5.87. The van der Waals surface area contributed by atoms with E-state index in [4.69, 9.17) is 20.8 Å². The molecule has 2 heterocycles. The van der Waals surface area contributed by atoms with Crippen LogP contribution >= 0.6 is 11.6 Å². The molecule has 2 rings (SSSR count). The van der Waals surface area contributed by atoms with Crippen LogP contribution in [0.3, 0.4) is 0 Å². The second-order valence-corrected chi connectivity index (χ2v) is 5.22. The van der Waals surface area contributed by atoms with Crippen molar-refractivity contribution in [2.45, 2.75) is 31.7 Å². The van der Waals surface area contributed by atoms with Crippen LogP contribution in [0.5, 0.6) is 0 Å². The minimum absolute atomic E-state index is 0.181. The third kappa shape index (κ3) is 2.47. The van der Waals surface area contributed by atoms with Crippen LogP contribution in [-0.2, 0) is 4.74 Å². The van der Waals surface area contributed by atoms with Gasteiger partial charge in [-0.1, -0.05) is 5.10 Å². The molecule has 0 saturated carbocycles. The monoisotopic (exact) mass is 245 g/mol. The minimum Gasteiger partial charge on any atom is -0.406 e. The SMILES string of the molecule is CC(Cl)c1nnc(N2CCOC(C)(C)C2)o1. The Morgan fingerprint density at radius 2 is 2.19 bits per heavy atom. The smallest absolute Gasteiger partial charge is 0.318 e. The van der Waals surface area contributed by atoms with Gasteiger partial charge in [-0.05, 0) is 20.8 Å². The third-order valence-electron chi connectivity index (χ3n) is 2.47. The van der Waals surface area contributed by atoms with E-state index >= 15 is 0 Å². The van der Waals surface area contributed by atoms with Gasteiger partial charge in [-0.2, -0.15) is 0 Å². The molecule has 0 bridgehead atoms. The normalized spacial score (nSPS) is 22.1. The lowest BCUT2D eigenvalue weighted by molar-refractivity contribution is -0.0290. The summed E-state index contributed by atoms with van der Waals surface area (Å²) in [6.45, 7) is 8.07. The topological polar surface area (TPSA) is 51.4 Å². The van der Waals surface area contributed by atoms with Crippen LogP contribution in [0.2, 0.25) is 0 Å². The Labute approximate surface area is 99.7 Å². The maximum atomic E-state index is 5.87. The molecule has 1 atom stereocenters. The summed E-state index contributed by atoms with van der Waals surface area (Å²) in [4.78, 5) is 2.03. The molecule has 1 aliphatic rings. The molecule has 0 N–H and O–H groups in total. The van der Waals surface area contributed by atoms with Crippen molar-refractivity contribution in [1.82, 2.24) is 10.2 Å². The Balaban J connectivity index is 2.11. The zero-order valence-corrected chi connectivity index (χ0v) is 10.5. The van der Waals surface area contributed by atoms with Gasteiger partial charge in [0.2, 0.25) is 5.89 Å². The number of aromatic nitrogens is 2. The van der Waals surface area contributed by atoms with Crippen LogP contribution < -0.4 is 4.90 Å². The molecule has 5 nitrogen and oxygen atoms in total. The van der Waals surface area contributed by atoms with E-state index in [1.54, 1.807) is 0 Å². The first-order valence-electron chi connectivity index (χ1n) is 5.34. The summed E-state index contributed by atoms with van der Waals surface area (Å²) in [5.41, 5.74) is -0.181. The van der Waals surface area contributed by atoms with E-state index in [2.05, 4.69) is 10.2 Å². The van der Waals surface area contributed by atoms with Gasteiger partial charge in [0.05, 0.1) is 18.8 Å². The van der Waals surface area contributed by atoms with Gasteiger partial charge < -0.3 is 14.1 Å². The number of alkyl halides is 1. The summed E-state index contributed by atoms with van der Waals surface area (Å²) < 4.78 is 11.1. The molecule has 16 heavy (non-hydrogen) atoms. The Morgan fingerprint density at radius 3 is 2.75 bits per heavy atom. The van der Waals surface area contributed by atoms with Crippen molar-refractivity contribution in [3.63, 3.8) is 0 Å². The first kappa shape index (κ1) is 11.7. The molecule has 1 saturated heterocycles. The fourth-order valence-corrected chi connectivity index (χ4v) is 1.78. The highest BCUT2D eigenvalue weighted by molar-refractivity contribution is 6.20. The van der Waals surface area contributed by atoms with E-state index in [0.29, 0.717) is 18.5 Å². The Morgan fingerprint density at radius 1 is 1.44 bits per heavy atom. The molecular formula is C10H16ClN3O2. The number of nitrogens with zero attached hydrogens (tertiary/aromatic N) is 3. The Hall–Kier alpha value is -0.810. The number of hydrogen-bond donors (Lipinski definition) is 0. The van der Waals surface area contributed by atoms with Crippen LogP contribution in [-0.4, -0.2) is 35.5 Å². The van der Waals surface area contributed by atoms with Crippen molar-refractivity contribution in [3.8, 4) is 0 Å². The van der Waals surface area contributed by atoms with Gasteiger partial charge in [-0.3, -0.25) is 0 Å². The highest BCUT2D eigenvalue weighted by Gasteiger charge is 2.30. The summed E-state index contributed by atoms with van der Waals surface area (Å²) in [6, 6.07) is 0.527. The summed E-state index contributed by atoms with van der Waals surface area (Å²) in [5, 5.41) is 7.65. The predicted molar refractivity (Wildman–Crippen MR) is 60.8 cm³/mol. The Bertz CT molecular complexity index is 365. The fraction of sp³-hybridized carbons (Fsp3) is 0.800. The maximum Gasteiger partial charge on any atom is 0.318 e. The number of hydrogen-bond acceptors (Lipinski definition) is 5. The van der Waals surface area contributed by atoms with Crippen molar-refractivity contribution in [2.75, 3.05) is 24.6 Å². The molecule has 1 unspecified atom stereocenters. The van der Waals surface area contributed by atoms with Gasteiger partial charge in [0.15, 0.2) is 0 Å². The minimum atomic E-state index is -0.254. The number of halogens is 1. The van der Waals surface area contributed by atoms with E-state index in [-0.39, 0.29) is 11.0 Å². The fourth-order valence-electron chi connectivity index (χ4n) is 1.69. The van der Waals surface area contributed by atoms with Gasteiger partial charge in [0, 0.05) is 6.54 Å². The molecule has 90 valence electrons. The maximum absolute atomic E-state index is 5.87. The quantitative estimate of drug-likeness (QED) is 0.746. The lowest BCUT2D eigenvalue weighted by Crippen LogP contribution is -2.48. The van der Waals surface area contributed by atoms with Gasteiger partial charge >= 0.3 is 6.01 Å². The highest BCUT2D eigenvalue weighted by atomic mass is 35.5. The first-order valence-corrected chi connectivity index (χ1v) is 5.78. The number of morpholine rings is 1. The number of anilines is 1. The van der Waals surface area contributed by atoms with Crippen LogP contribution in [0.4, 0.5) is 6.01 Å². The number of ether oxygens (including phenoxy) is 1. The van der Waals surface area contributed by atoms with Crippen molar-refractivity contribution in [2.24, 2.45) is 0 Å². The Kier molecular flexibility index (Phi) is 3.08. The lowest BCUT2D eigenvalue weighted by atomic mass is 10.1. The van der Waals surface area contributed by atoms with E-state index < -0.39 is 0 Å². The molecule has 0 amide bonds. The first-order chi connectivity index (χ1) is 7.48. The molecule has 1 fully saturated rings. The molecule has 1 aromatic heterocycles. The van der Waals surface area contributed by atoms with Gasteiger partial charge in [0.25, 0.3) is 0 Å². The second kappa shape index (κ2) is 4.22. The van der Waals surface area contributed by atoms with Crippen molar-refractivity contribution < 1.29 is 9.15 Å². The average Bonchev–Trinajstić information content (AvgIpc) is 2.64. The largest absolute Gasteiger partial charge is 0.406 e. The predicted octanol–water partition coefficient (Wildman–Crippen LogP) is 1.98. The summed E-state index contributed by atoms with van der Waals surface area (Å²) in [7, 11) is 0. The van der Waals surface area contributed by atoms with E-state index in [1.807, 2.05) is 25.7 Å². The van der Waals surface area contributed by atoms with E-state index in [9.17, 15) is 0 Å². The third-order valence-corrected chi connectivity index (χ3v) is 2.65. The van der Waals surface area contributed by atoms with Crippen LogP contribution in [0.25, 0.3) is 0 Å². The molecule has 1 aliphatic heterocycles. The molecule has 1 aromatic rings. The van der Waals surface area contributed by atoms with Crippen molar-refractivity contribution in [1.29, 1.82) is 0 Å². The lowest BCUT2D eigenvalue weighted by Gasteiger charge is -2.36. The molecular weight excluding hydrogens is 230 g/mol. The molecule has 6 heteroatoms. The van der Waals surface area contributed by atoms with Crippen molar-refractivity contribution >= 4 is 17.6 Å². The zero-order valence-electron chi connectivity index (χ0n) is 9.73. The number of rotatable bonds is 2. The van der Waals surface area contributed by atoms with Crippen LogP contribution in [0, 0.1) is 0 Å². The summed E-state index contributed by atoms with van der Waals surface area (Å²) in [6.07, 6.45) is 0. The van der Waals surface area contributed by atoms with Gasteiger partial charge in [0.1, 0.15) is 5.38 Å². The average molecular weight is 246 g/mol. The molecule has 0 aromatic carbocycles. The zero-order chi connectivity index (χ0) is 11.8.